The van der Waals surface area contributed by atoms with Gasteiger partial charge in [-0.05, 0) is 55.0 Å². The van der Waals surface area contributed by atoms with Gasteiger partial charge < -0.3 is 9.88 Å². The summed E-state index contributed by atoms with van der Waals surface area (Å²) in [6.07, 6.45) is 8.23. The number of imidazole rings is 1. The number of hydrogen-bond acceptors (Lipinski definition) is 3. The number of fused-ring (bicyclic) bond motifs is 1. The topological polar surface area (TPSA) is 46.9 Å². The van der Waals surface area contributed by atoms with Crippen LogP contribution in [0.1, 0.15) is 50.4 Å². The third-order valence-corrected chi connectivity index (χ3v) is 6.30. The molecule has 0 saturated carbocycles. The van der Waals surface area contributed by atoms with Gasteiger partial charge in [0.1, 0.15) is 11.9 Å². The van der Waals surface area contributed by atoms with E-state index >= 15 is 0 Å². The number of aromatic nitrogens is 2. The summed E-state index contributed by atoms with van der Waals surface area (Å²) in [5.41, 5.74) is 2.30. The molecular formula is C20H20ClN3OS. The normalized spacial score (nSPS) is 14.7. The summed E-state index contributed by atoms with van der Waals surface area (Å²) >= 11 is 7.65. The molecule has 0 radical (unpaired) electrons. The SMILES string of the molecule is Cn1ccnc1[C@H](NC(=O)c1cc2c(s1)CCCC2)c1ccc(Cl)cc1. The Hall–Kier alpha value is -2.11. The number of carbonyl (C=O) groups is 1. The smallest absolute Gasteiger partial charge is 0.262 e. The van der Waals surface area contributed by atoms with Gasteiger partial charge in [-0.1, -0.05) is 23.7 Å². The maximum Gasteiger partial charge on any atom is 0.262 e. The van der Waals surface area contributed by atoms with Gasteiger partial charge in [-0.25, -0.2) is 4.98 Å². The molecule has 0 bridgehead atoms. The fraction of sp³-hybridized carbons (Fsp3) is 0.300. The highest BCUT2D eigenvalue weighted by Gasteiger charge is 2.23. The van der Waals surface area contributed by atoms with Crippen LogP contribution < -0.4 is 5.32 Å². The lowest BCUT2D eigenvalue weighted by atomic mass is 9.99. The van der Waals surface area contributed by atoms with Crippen LogP contribution in [-0.4, -0.2) is 15.5 Å². The van der Waals surface area contributed by atoms with Crippen molar-refractivity contribution < 1.29 is 4.79 Å². The Labute approximate surface area is 161 Å². The van der Waals surface area contributed by atoms with E-state index in [-0.39, 0.29) is 11.9 Å². The van der Waals surface area contributed by atoms with Gasteiger partial charge >= 0.3 is 0 Å². The Morgan fingerprint density at radius 2 is 2.04 bits per heavy atom. The van der Waals surface area contributed by atoms with Crippen molar-refractivity contribution >= 4 is 28.8 Å². The van der Waals surface area contributed by atoms with E-state index in [0.717, 1.165) is 29.1 Å². The third-order valence-electron chi connectivity index (χ3n) is 4.82. The number of rotatable bonds is 4. The number of thiophene rings is 1. The fourth-order valence-electron chi connectivity index (χ4n) is 3.41. The summed E-state index contributed by atoms with van der Waals surface area (Å²) in [4.78, 5) is 19.5. The number of halogens is 1. The summed E-state index contributed by atoms with van der Waals surface area (Å²) < 4.78 is 1.93. The zero-order valence-corrected chi connectivity index (χ0v) is 16.1. The zero-order chi connectivity index (χ0) is 18.1. The standard InChI is InChI=1S/C20H20ClN3OS/c1-24-11-10-22-19(24)18(13-6-8-15(21)9-7-13)23-20(25)17-12-14-4-2-3-5-16(14)26-17/h6-12,18H,2-5H2,1H3,(H,23,25)/t18-/m1/s1. The molecule has 0 spiro atoms. The molecule has 1 amide bonds. The van der Waals surface area contributed by atoms with Gasteiger partial charge in [0, 0.05) is 29.3 Å². The van der Waals surface area contributed by atoms with E-state index in [1.165, 1.54) is 23.3 Å². The predicted molar refractivity (Wildman–Crippen MR) is 105 cm³/mol. The molecule has 2 heterocycles. The molecule has 3 aromatic rings. The lowest BCUT2D eigenvalue weighted by molar-refractivity contribution is 0.0945. The number of amides is 1. The molecule has 1 aliphatic rings. The van der Waals surface area contributed by atoms with Crippen LogP contribution in [0.2, 0.25) is 5.02 Å². The summed E-state index contributed by atoms with van der Waals surface area (Å²) in [5.74, 6) is 0.745. The van der Waals surface area contributed by atoms with Crippen molar-refractivity contribution in [3.05, 3.63) is 74.5 Å². The van der Waals surface area contributed by atoms with Gasteiger partial charge in [-0.3, -0.25) is 4.79 Å². The first kappa shape index (κ1) is 17.3. The lowest BCUT2D eigenvalue weighted by Gasteiger charge is -2.19. The predicted octanol–water partition coefficient (Wildman–Crippen LogP) is 4.53. The van der Waals surface area contributed by atoms with E-state index in [1.807, 2.05) is 42.1 Å². The minimum atomic E-state index is -0.320. The summed E-state index contributed by atoms with van der Waals surface area (Å²) in [6, 6.07) is 9.28. The number of carbonyl (C=O) groups excluding carboxylic acids is 1. The van der Waals surface area contributed by atoms with Gasteiger partial charge in [0.15, 0.2) is 0 Å². The van der Waals surface area contributed by atoms with Crippen molar-refractivity contribution in [2.45, 2.75) is 31.7 Å². The molecule has 1 aliphatic carbocycles. The molecule has 0 unspecified atom stereocenters. The average Bonchev–Trinajstić information content (AvgIpc) is 3.26. The maximum atomic E-state index is 13.0. The van der Waals surface area contributed by atoms with Crippen LogP contribution in [0.3, 0.4) is 0 Å². The van der Waals surface area contributed by atoms with Crippen LogP contribution in [0.15, 0.2) is 42.7 Å². The second kappa shape index (κ2) is 7.25. The van der Waals surface area contributed by atoms with Gasteiger partial charge in [-0.15, -0.1) is 11.3 Å². The maximum absolute atomic E-state index is 13.0. The monoisotopic (exact) mass is 385 g/mol. The molecule has 26 heavy (non-hydrogen) atoms. The van der Waals surface area contributed by atoms with Crippen LogP contribution in [-0.2, 0) is 19.9 Å². The van der Waals surface area contributed by atoms with Gasteiger partial charge in [0.25, 0.3) is 5.91 Å². The lowest BCUT2D eigenvalue weighted by Crippen LogP contribution is -2.30. The highest BCUT2D eigenvalue weighted by molar-refractivity contribution is 7.14. The van der Waals surface area contributed by atoms with Crippen LogP contribution in [0.4, 0.5) is 0 Å². The molecule has 4 nitrogen and oxygen atoms in total. The van der Waals surface area contributed by atoms with E-state index in [4.69, 9.17) is 11.6 Å². The minimum Gasteiger partial charge on any atom is -0.337 e. The highest BCUT2D eigenvalue weighted by Crippen LogP contribution is 2.30. The first-order chi connectivity index (χ1) is 12.6. The molecule has 1 atom stereocenters. The molecule has 6 heteroatoms. The minimum absolute atomic E-state index is 0.0488. The number of nitrogens with zero attached hydrogens (tertiary/aromatic N) is 2. The number of aryl methyl sites for hydroxylation is 3. The van der Waals surface area contributed by atoms with Crippen molar-refractivity contribution in [1.29, 1.82) is 0 Å². The number of nitrogens with one attached hydrogen (secondary N) is 1. The van der Waals surface area contributed by atoms with Crippen LogP contribution in [0, 0.1) is 0 Å². The summed E-state index contributed by atoms with van der Waals surface area (Å²) in [7, 11) is 1.93. The Morgan fingerprint density at radius 3 is 2.73 bits per heavy atom. The largest absolute Gasteiger partial charge is 0.337 e. The van der Waals surface area contributed by atoms with Crippen molar-refractivity contribution in [3.8, 4) is 0 Å². The van der Waals surface area contributed by atoms with E-state index in [2.05, 4.69) is 16.4 Å². The highest BCUT2D eigenvalue weighted by atomic mass is 35.5. The first-order valence-electron chi connectivity index (χ1n) is 8.77. The van der Waals surface area contributed by atoms with Gasteiger partial charge in [-0.2, -0.15) is 0 Å². The first-order valence-corrected chi connectivity index (χ1v) is 9.96. The molecule has 2 aromatic heterocycles. The zero-order valence-electron chi connectivity index (χ0n) is 14.5. The Kier molecular flexibility index (Phi) is 4.83. The molecule has 4 rings (SSSR count). The van der Waals surface area contributed by atoms with Crippen molar-refractivity contribution in [2.24, 2.45) is 7.05 Å². The van der Waals surface area contributed by atoms with Crippen LogP contribution in [0.25, 0.3) is 0 Å². The second-order valence-corrected chi connectivity index (χ2v) is 8.19. The van der Waals surface area contributed by atoms with Gasteiger partial charge in [0.2, 0.25) is 0 Å². The Balaban J connectivity index is 1.64. The van der Waals surface area contributed by atoms with Crippen LogP contribution in [0.5, 0.6) is 0 Å². The Bertz CT molecular complexity index is 905. The van der Waals surface area contributed by atoms with Gasteiger partial charge in [0.05, 0.1) is 4.88 Å². The van der Waals surface area contributed by atoms with Crippen molar-refractivity contribution in [1.82, 2.24) is 14.9 Å². The molecular weight excluding hydrogens is 366 g/mol. The fourth-order valence-corrected chi connectivity index (χ4v) is 4.70. The van der Waals surface area contributed by atoms with E-state index in [0.29, 0.717) is 5.02 Å². The molecule has 0 saturated heterocycles. The third kappa shape index (κ3) is 3.41. The van der Waals surface area contributed by atoms with E-state index < -0.39 is 0 Å². The molecule has 134 valence electrons. The Morgan fingerprint density at radius 1 is 1.27 bits per heavy atom. The number of benzene rings is 1. The quantitative estimate of drug-likeness (QED) is 0.717. The molecule has 1 aromatic carbocycles. The van der Waals surface area contributed by atoms with Crippen molar-refractivity contribution in [2.75, 3.05) is 0 Å². The molecule has 0 aliphatic heterocycles. The molecule has 0 fully saturated rings. The molecule has 1 N–H and O–H groups in total. The average molecular weight is 386 g/mol. The number of hydrogen-bond donors (Lipinski definition) is 1. The van der Waals surface area contributed by atoms with Crippen LogP contribution >= 0.6 is 22.9 Å². The van der Waals surface area contributed by atoms with E-state index in [9.17, 15) is 4.79 Å². The van der Waals surface area contributed by atoms with Crippen molar-refractivity contribution in [3.63, 3.8) is 0 Å². The van der Waals surface area contributed by atoms with E-state index in [1.54, 1.807) is 17.5 Å². The summed E-state index contributed by atoms with van der Waals surface area (Å²) in [6.45, 7) is 0. The summed E-state index contributed by atoms with van der Waals surface area (Å²) in [5, 5.41) is 3.84. The second-order valence-electron chi connectivity index (χ2n) is 6.62.